The van der Waals surface area contributed by atoms with Crippen LogP contribution in [0.5, 0.6) is 5.75 Å². The van der Waals surface area contributed by atoms with Crippen LogP contribution in [0, 0.1) is 0 Å². The molecule has 0 unspecified atom stereocenters. The van der Waals surface area contributed by atoms with Crippen LogP contribution in [0.15, 0.2) is 24.3 Å². The number of phenolic OH excluding ortho intramolecular Hbond substituents is 1. The van der Waals surface area contributed by atoms with Crippen LogP contribution in [0.3, 0.4) is 0 Å². The van der Waals surface area contributed by atoms with Crippen molar-refractivity contribution in [1.29, 1.82) is 0 Å². The van der Waals surface area contributed by atoms with Crippen LogP contribution in [0.25, 0.3) is 0 Å². The van der Waals surface area contributed by atoms with Gasteiger partial charge < -0.3 is 10.4 Å². The quantitative estimate of drug-likeness (QED) is 0.812. The number of rotatable bonds is 2. The Morgan fingerprint density at radius 1 is 1.19 bits per heavy atom. The van der Waals surface area contributed by atoms with E-state index >= 15 is 0 Å². The van der Waals surface area contributed by atoms with Gasteiger partial charge in [-0.25, -0.2) is 8.78 Å². The molecular weight excluding hydrogens is 212 g/mol. The monoisotopic (exact) mass is 227 g/mol. The van der Waals surface area contributed by atoms with Crippen LogP contribution in [-0.4, -0.2) is 24.6 Å². The largest absolute Gasteiger partial charge is 0.508 e. The molecule has 1 saturated heterocycles. The van der Waals surface area contributed by atoms with Crippen molar-refractivity contribution in [3.05, 3.63) is 29.8 Å². The lowest BCUT2D eigenvalue weighted by Crippen LogP contribution is -2.44. The van der Waals surface area contributed by atoms with Gasteiger partial charge in [0.05, 0.1) is 5.41 Å². The Bertz CT molecular complexity index is 362. The summed E-state index contributed by atoms with van der Waals surface area (Å²) in [5.74, 6) is -0.0234. The van der Waals surface area contributed by atoms with Gasteiger partial charge in [0.15, 0.2) is 0 Å². The van der Waals surface area contributed by atoms with E-state index in [0.717, 1.165) is 0 Å². The second-order valence-corrected chi connectivity index (χ2v) is 4.22. The Kier molecular flexibility index (Phi) is 3.10. The van der Waals surface area contributed by atoms with Gasteiger partial charge in [0.1, 0.15) is 5.75 Å². The van der Waals surface area contributed by atoms with Crippen LogP contribution in [0.4, 0.5) is 8.78 Å². The van der Waals surface area contributed by atoms with Crippen LogP contribution in [0.1, 0.15) is 18.4 Å². The highest BCUT2D eigenvalue weighted by atomic mass is 19.3. The number of alkyl halides is 2. The molecule has 0 aromatic heterocycles. The minimum Gasteiger partial charge on any atom is -0.508 e. The number of hydrogen-bond acceptors (Lipinski definition) is 2. The third-order valence-electron chi connectivity index (χ3n) is 3.35. The van der Waals surface area contributed by atoms with E-state index in [1.807, 2.05) is 0 Å². The van der Waals surface area contributed by atoms with Gasteiger partial charge in [-0.2, -0.15) is 0 Å². The van der Waals surface area contributed by atoms with Gasteiger partial charge in [-0.15, -0.1) is 0 Å². The lowest BCUT2D eigenvalue weighted by Gasteiger charge is -2.37. The van der Waals surface area contributed by atoms with E-state index in [-0.39, 0.29) is 5.75 Å². The number of aromatic hydroxyl groups is 1. The van der Waals surface area contributed by atoms with Crippen molar-refractivity contribution in [1.82, 2.24) is 5.32 Å². The third kappa shape index (κ3) is 1.78. The first-order valence-electron chi connectivity index (χ1n) is 5.44. The molecule has 4 heteroatoms. The first kappa shape index (κ1) is 11.3. The molecule has 1 heterocycles. The number of benzene rings is 1. The fourth-order valence-corrected chi connectivity index (χ4v) is 2.37. The van der Waals surface area contributed by atoms with E-state index in [0.29, 0.717) is 31.5 Å². The molecule has 2 rings (SSSR count). The first-order valence-corrected chi connectivity index (χ1v) is 5.44. The average Bonchev–Trinajstić information content (AvgIpc) is 2.30. The van der Waals surface area contributed by atoms with Crippen LogP contribution < -0.4 is 5.32 Å². The zero-order valence-electron chi connectivity index (χ0n) is 8.92. The zero-order chi connectivity index (χ0) is 11.6. The van der Waals surface area contributed by atoms with Crippen LogP contribution in [0.2, 0.25) is 0 Å². The molecule has 0 bridgehead atoms. The van der Waals surface area contributed by atoms with E-state index < -0.39 is 11.8 Å². The standard InChI is InChI=1S/C12H15F2NO/c13-11(14)12(5-7-15-8-6-12)9-3-1-2-4-10(9)16/h1-4,11,15-16H,5-8H2. The maximum absolute atomic E-state index is 13.3. The maximum Gasteiger partial charge on any atom is 0.248 e. The summed E-state index contributed by atoms with van der Waals surface area (Å²) in [7, 11) is 0. The SMILES string of the molecule is Oc1ccccc1C1(C(F)F)CCNCC1. The molecule has 0 radical (unpaired) electrons. The van der Waals surface area contributed by atoms with E-state index in [1.54, 1.807) is 18.2 Å². The minimum atomic E-state index is -2.44. The highest BCUT2D eigenvalue weighted by molar-refractivity contribution is 5.39. The molecule has 0 spiro atoms. The molecule has 2 nitrogen and oxygen atoms in total. The zero-order valence-corrected chi connectivity index (χ0v) is 8.92. The Morgan fingerprint density at radius 3 is 2.38 bits per heavy atom. The van der Waals surface area contributed by atoms with Crippen molar-refractivity contribution in [3.8, 4) is 5.75 Å². The summed E-state index contributed by atoms with van der Waals surface area (Å²) in [6.45, 7) is 1.14. The molecule has 0 atom stereocenters. The maximum atomic E-state index is 13.3. The van der Waals surface area contributed by atoms with Crippen molar-refractivity contribution in [2.75, 3.05) is 13.1 Å². The van der Waals surface area contributed by atoms with Crippen molar-refractivity contribution >= 4 is 0 Å². The number of piperidine rings is 1. The number of phenols is 1. The molecule has 1 aliphatic heterocycles. The average molecular weight is 227 g/mol. The summed E-state index contributed by atoms with van der Waals surface area (Å²) in [6, 6.07) is 6.43. The molecule has 1 aromatic rings. The minimum absolute atomic E-state index is 0.0234. The summed E-state index contributed by atoms with van der Waals surface area (Å²) < 4.78 is 26.6. The summed E-state index contributed by atoms with van der Waals surface area (Å²) in [5.41, 5.74) is -0.803. The van der Waals surface area contributed by atoms with Gasteiger partial charge in [0.2, 0.25) is 6.43 Å². The predicted octanol–water partition coefficient (Wildman–Crippen LogP) is 2.28. The van der Waals surface area contributed by atoms with E-state index in [1.165, 1.54) is 6.07 Å². The molecule has 88 valence electrons. The first-order chi connectivity index (χ1) is 7.67. The van der Waals surface area contributed by atoms with Gasteiger partial charge in [0.25, 0.3) is 0 Å². The molecule has 1 fully saturated rings. The summed E-state index contributed by atoms with van der Waals surface area (Å²) >= 11 is 0. The predicted molar refractivity (Wildman–Crippen MR) is 57.9 cm³/mol. The Hall–Kier alpha value is -1.16. The number of halogens is 2. The molecule has 2 N–H and O–H groups in total. The molecule has 0 aliphatic carbocycles. The lowest BCUT2D eigenvalue weighted by atomic mass is 9.73. The Balaban J connectivity index is 2.43. The molecule has 1 aromatic carbocycles. The van der Waals surface area contributed by atoms with Crippen molar-refractivity contribution in [2.24, 2.45) is 0 Å². The third-order valence-corrected chi connectivity index (χ3v) is 3.35. The molecule has 1 aliphatic rings. The lowest BCUT2D eigenvalue weighted by molar-refractivity contribution is 0.0282. The molecule has 0 amide bonds. The topological polar surface area (TPSA) is 32.3 Å². The molecule has 16 heavy (non-hydrogen) atoms. The van der Waals surface area contributed by atoms with Gasteiger partial charge in [-0.05, 0) is 32.0 Å². The molecule has 0 saturated carbocycles. The summed E-state index contributed by atoms with van der Waals surface area (Å²) in [5, 5.41) is 12.8. The highest BCUT2D eigenvalue weighted by Crippen LogP contribution is 2.42. The fraction of sp³-hybridized carbons (Fsp3) is 0.500. The Morgan fingerprint density at radius 2 is 1.81 bits per heavy atom. The second kappa shape index (κ2) is 4.37. The van der Waals surface area contributed by atoms with E-state index in [4.69, 9.17) is 0 Å². The van der Waals surface area contributed by atoms with Crippen molar-refractivity contribution < 1.29 is 13.9 Å². The van der Waals surface area contributed by atoms with Gasteiger partial charge in [-0.1, -0.05) is 18.2 Å². The van der Waals surface area contributed by atoms with Crippen molar-refractivity contribution in [3.63, 3.8) is 0 Å². The van der Waals surface area contributed by atoms with Gasteiger partial charge in [-0.3, -0.25) is 0 Å². The molecular formula is C12H15F2NO. The Labute approximate surface area is 93.3 Å². The number of nitrogens with one attached hydrogen (secondary N) is 1. The van der Waals surface area contributed by atoms with Gasteiger partial charge >= 0.3 is 0 Å². The van der Waals surface area contributed by atoms with Gasteiger partial charge in [0, 0.05) is 5.56 Å². The van der Waals surface area contributed by atoms with Crippen molar-refractivity contribution in [2.45, 2.75) is 24.7 Å². The number of hydrogen-bond donors (Lipinski definition) is 2. The second-order valence-electron chi connectivity index (χ2n) is 4.22. The smallest absolute Gasteiger partial charge is 0.248 e. The number of para-hydroxylation sites is 1. The normalized spacial score (nSPS) is 19.9. The summed E-state index contributed by atoms with van der Waals surface area (Å²) in [6.07, 6.45) is -1.72. The van der Waals surface area contributed by atoms with E-state index in [9.17, 15) is 13.9 Å². The fourth-order valence-electron chi connectivity index (χ4n) is 2.37. The summed E-state index contributed by atoms with van der Waals surface area (Å²) in [4.78, 5) is 0. The van der Waals surface area contributed by atoms with E-state index in [2.05, 4.69) is 5.32 Å². The van der Waals surface area contributed by atoms with Crippen LogP contribution in [-0.2, 0) is 5.41 Å². The highest BCUT2D eigenvalue weighted by Gasteiger charge is 2.43. The van der Waals surface area contributed by atoms with Crippen LogP contribution >= 0.6 is 0 Å².